The van der Waals surface area contributed by atoms with Gasteiger partial charge in [-0.05, 0) is 31.9 Å². The first kappa shape index (κ1) is 27.6. The van der Waals surface area contributed by atoms with E-state index in [1.165, 1.54) is 13.2 Å². The maximum absolute atomic E-state index is 15.8. The van der Waals surface area contributed by atoms with E-state index in [0.717, 1.165) is 0 Å². The van der Waals surface area contributed by atoms with Gasteiger partial charge in [-0.3, -0.25) is 9.71 Å². The predicted molar refractivity (Wildman–Crippen MR) is 143 cm³/mol. The van der Waals surface area contributed by atoms with Gasteiger partial charge >= 0.3 is 6.09 Å². The third-order valence-corrected chi connectivity index (χ3v) is 8.11. The summed E-state index contributed by atoms with van der Waals surface area (Å²) in [5, 5.41) is 8.67. The molecule has 1 aromatic heterocycles. The lowest BCUT2D eigenvalue weighted by atomic mass is 9.95. The fourth-order valence-corrected chi connectivity index (χ4v) is 5.42. The highest BCUT2D eigenvalue weighted by molar-refractivity contribution is 7.93. The molecular formula is C25H34FN7O4S. The van der Waals surface area contributed by atoms with Crippen molar-refractivity contribution in [2.45, 2.75) is 63.9 Å². The van der Waals surface area contributed by atoms with Crippen molar-refractivity contribution in [3.05, 3.63) is 47.5 Å². The summed E-state index contributed by atoms with van der Waals surface area (Å²) in [4.78, 5) is 25.1. The molecule has 2 aliphatic rings. The van der Waals surface area contributed by atoms with Crippen LogP contribution < -0.4 is 20.7 Å². The van der Waals surface area contributed by atoms with E-state index in [1.807, 2.05) is 20.8 Å². The van der Waals surface area contributed by atoms with Gasteiger partial charge in [-0.1, -0.05) is 32.9 Å². The molecule has 2 aromatic rings. The molecule has 2 heterocycles. The summed E-state index contributed by atoms with van der Waals surface area (Å²) in [5.74, 6) is 0.347. The van der Waals surface area contributed by atoms with Gasteiger partial charge in [0.05, 0.1) is 29.8 Å². The van der Waals surface area contributed by atoms with E-state index in [2.05, 4.69) is 35.4 Å². The van der Waals surface area contributed by atoms with Crippen molar-refractivity contribution < 1.29 is 22.3 Å². The Bertz CT molecular complexity index is 1330. The zero-order valence-electron chi connectivity index (χ0n) is 22.1. The zero-order valence-corrected chi connectivity index (χ0v) is 22.9. The highest BCUT2D eigenvalue weighted by atomic mass is 32.2. The van der Waals surface area contributed by atoms with Crippen LogP contribution in [0, 0.1) is 11.2 Å². The highest BCUT2D eigenvalue weighted by Gasteiger charge is 2.39. The van der Waals surface area contributed by atoms with Crippen LogP contribution in [-0.2, 0) is 14.8 Å². The summed E-state index contributed by atoms with van der Waals surface area (Å²) < 4.78 is 47.7. The van der Waals surface area contributed by atoms with Gasteiger partial charge in [0, 0.05) is 29.8 Å². The van der Waals surface area contributed by atoms with Crippen LogP contribution in [0.25, 0.3) is 0 Å². The maximum atomic E-state index is 15.8. The Labute approximate surface area is 222 Å². The van der Waals surface area contributed by atoms with Gasteiger partial charge in [0.2, 0.25) is 16.0 Å². The molecule has 11 nitrogen and oxygen atoms in total. The number of methoxy groups -OCH3 is 1. The summed E-state index contributed by atoms with van der Waals surface area (Å²) >= 11 is 0. The van der Waals surface area contributed by atoms with Gasteiger partial charge in [0.15, 0.2) is 5.82 Å². The number of aromatic nitrogens is 2. The van der Waals surface area contributed by atoms with Gasteiger partial charge in [-0.2, -0.15) is 0 Å². The van der Waals surface area contributed by atoms with Crippen LogP contribution in [-0.4, -0.2) is 55.3 Å². The van der Waals surface area contributed by atoms with Gasteiger partial charge in [0.1, 0.15) is 11.9 Å². The number of alkyl carbamates (subject to hydrolysis) is 1. The number of hydrogen-bond donors (Lipinski definition) is 4. The number of ether oxygens (including phenoxy) is 1. The van der Waals surface area contributed by atoms with Crippen LogP contribution in [0.2, 0.25) is 0 Å². The summed E-state index contributed by atoms with van der Waals surface area (Å²) in [6.07, 6.45) is 2.20. The third kappa shape index (κ3) is 6.32. The lowest BCUT2D eigenvalue weighted by Crippen LogP contribution is -2.37. The van der Waals surface area contributed by atoms with Crippen molar-refractivity contribution >= 4 is 33.6 Å². The smallest absolute Gasteiger partial charge is 0.407 e. The van der Waals surface area contributed by atoms with Crippen LogP contribution in [0.1, 0.15) is 63.9 Å². The first-order valence-corrected chi connectivity index (χ1v) is 14.0. The number of rotatable bonds is 9. The van der Waals surface area contributed by atoms with Crippen molar-refractivity contribution in [1.82, 2.24) is 20.6 Å². The molecule has 3 atom stereocenters. The molecule has 4 rings (SSSR count). The molecule has 0 radical (unpaired) electrons. The van der Waals surface area contributed by atoms with Crippen molar-refractivity contribution in [3.8, 4) is 0 Å². The second-order valence-corrected chi connectivity index (χ2v) is 12.5. The summed E-state index contributed by atoms with van der Waals surface area (Å²) in [6, 6.07) is 4.90. The molecule has 1 amide bonds. The lowest BCUT2D eigenvalue weighted by molar-refractivity contribution is 0.168. The van der Waals surface area contributed by atoms with Crippen LogP contribution in [0.4, 0.5) is 20.8 Å². The van der Waals surface area contributed by atoms with E-state index in [4.69, 9.17) is 4.99 Å². The van der Waals surface area contributed by atoms with Crippen LogP contribution in [0.5, 0.6) is 0 Å². The van der Waals surface area contributed by atoms with Crippen molar-refractivity contribution in [2.24, 2.45) is 10.4 Å². The number of carbonyl (C=O) groups is 1. The Balaban J connectivity index is 1.61. The van der Waals surface area contributed by atoms with E-state index < -0.39 is 39.3 Å². The molecule has 206 valence electrons. The second-order valence-electron chi connectivity index (χ2n) is 10.6. The molecule has 0 spiro atoms. The zero-order chi connectivity index (χ0) is 27.7. The molecular weight excluding hydrogens is 513 g/mol. The van der Waals surface area contributed by atoms with E-state index in [-0.39, 0.29) is 22.7 Å². The minimum Gasteiger partial charge on any atom is -0.453 e. The average Bonchev–Trinajstić information content (AvgIpc) is 3.63. The number of nitrogens with zero attached hydrogens (tertiary/aromatic N) is 3. The van der Waals surface area contributed by atoms with E-state index >= 15 is 4.39 Å². The minimum absolute atomic E-state index is 0.0929. The molecule has 1 fully saturated rings. The first-order valence-electron chi connectivity index (χ1n) is 12.4. The van der Waals surface area contributed by atoms with Gasteiger partial charge in [-0.15, -0.1) is 0 Å². The number of halogens is 1. The normalized spacial score (nSPS) is 20.2. The van der Waals surface area contributed by atoms with Gasteiger partial charge in [-0.25, -0.2) is 27.6 Å². The first-order chi connectivity index (χ1) is 17.9. The number of sulfonamides is 1. The van der Waals surface area contributed by atoms with Crippen molar-refractivity contribution in [2.75, 3.05) is 23.7 Å². The molecule has 1 aliphatic heterocycles. The number of nitrogens with one attached hydrogen (secondary N) is 4. The molecule has 38 heavy (non-hydrogen) atoms. The predicted octanol–water partition coefficient (Wildman–Crippen LogP) is 3.51. The molecule has 1 aromatic carbocycles. The Morgan fingerprint density at radius 2 is 2.00 bits per heavy atom. The number of carbonyl (C=O) groups excluding carboxylic acids is 1. The maximum Gasteiger partial charge on any atom is 0.407 e. The van der Waals surface area contributed by atoms with E-state index in [9.17, 15) is 13.2 Å². The summed E-state index contributed by atoms with van der Waals surface area (Å²) in [6.45, 7) is 8.15. The fourth-order valence-electron chi connectivity index (χ4n) is 4.03. The summed E-state index contributed by atoms with van der Waals surface area (Å²) in [7, 11) is -2.34. The molecule has 1 saturated carbocycles. The van der Waals surface area contributed by atoms with Crippen LogP contribution in [0.3, 0.4) is 0 Å². The molecule has 0 saturated heterocycles. The van der Waals surface area contributed by atoms with Gasteiger partial charge < -0.3 is 20.7 Å². The third-order valence-electron chi connectivity index (χ3n) is 6.26. The topological polar surface area (TPSA) is 147 Å². The Morgan fingerprint density at radius 1 is 1.26 bits per heavy atom. The largest absolute Gasteiger partial charge is 0.453 e. The quantitative estimate of drug-likeness (QED) is 0.373. The molecule has 4 N–H and O–H groups in total. The number of benzene rings is 1. The molecule has 0 bridgehead atoms. The Morgan fingerprint density at radius 3 is 2.66 bits per heavy atom. The number of amidine groups is 1. The SMILES string of the molecule is COC(=O)N[C@@H](C)CNc1nccc(C2NC(C(C)(C)C)=NC2c2cccc(NS(=O)(=O)C3CC3)c2F)n1. The Kier molecular flexibility index (Phi) is 7.77. The number of amides is 1. The van der Waals surface area contributed by atoms with Crippen LogP contribution >= 0.6 is 0 Å². The van der Waals surface area contributed by atoms with Crippen molar-refractivity contribution in [3.63, 3.8) is 0 Å². The van der Waals surface area contributed by atoms with E-state index in [0.29, 0.717) is 36.9 Å². The summed E-state index contributed by atoms with van der Waals surface area (Å²) in [5.41, 5.74) is 0.386. The number of aliphatic imine (C=N–C) groups is 1. The fraction of sp³-hybridized carbons (Fsp3) is 0.520. The Hall–Kier alpha value is -3.48. The average molecular weight is 548 g/mol. The number of anilines is 2. The molecule has 1 aliphatic carbocycles. The monoisotopic (exact) mass is 547 g/mol. The molecule has 13 heteroatoms. The minimum atomic E-state index is -3.64. The molecule has 2 unspecified atom stereocenters. The standard InChI is InChI=1S/C25H34FN7O4S/c1-14(29-24(34)37-5)13-28-23-27-12-11-18(30-23)21-20(31-22(32-21)25(2,3)4)16-7-6-8-17(19(16)26)33-38(35,36)15-9-10-15/h6-8,11-12,14-15,20-21,33H,9-10,13H2,1-5H3,(H,29,34)(H,31,32)(H,27,28,30)/t14-,20?,21?/m0/s1. The van der Waals surface area contributed by atoms with E-state index in [1.54, 1.807) is 31.3 Å². The second kappa shape index (κ2) is 10.7. The van der Waals surface area contributed by atoms with Crippen LogP contribution in [0.15, 0.2) is 35.5 Å². The lowest BCUT2D eigenvalue weighted by Gasteiger charge is -2.23. The van der Waals surface area contributed by atoms with Gasteiger partial charge in [0.25, 0.3) is 0 Å². The highest BCUT2D eigenvalue weighted by Crippen LogP contribution is 2.41. The van der Waals surface area contributed by atoms with Crippen molar-refractivity contribution in [1.29, 1.82) is 0 Å². The number of hydrogen-bond acceptors (Lipinski definition) is 9.